The third kappa shape index (κ3) is 2.86. The second kappa shape index (κ2) is 6.20. The number of nitrogens with zero attached hydrogens (tertiary/aromatic N) is 2. The van der Waals surface area contributed by atoms with Crippen molar-refractivity contribution in [2.75, 3.05) is 10.2 Å². The van der Waals surface area contributed by atoms with Gasteiger partial charge < -0.3 is 5.32 Å². The van der Waals surface area contributed by atoms with Crippen LogP contribution in [-0.4, -0.2) is 22.7 Å². The Kier molecular flexibility index (Phi) is 3.77. The molecule has 5 rings (SSSR count). The normalized spacial score (nSPS) is 16.4. The molecule has 3 amide bonds. The van der Waals surface area contributed by atoms with Crippen LogP contribution in [0.4, 0.5) is 15.2 Å². The van der Waals surface area contributed by atoms with Gasteiger partial charge in [0.25, 0.3) is 5.91 Å². The van der Waals surface area contributed by atoms with E-state index in [0.717, 1.165) is 28.5 Å². The van der Waals surface area contributed by atoms with Gasteiger partial charge in [-0.1, -0.05) is 17.4 Å². The van der Waals surface area contributed by atoms with Gasteiger partial charge in [-0.15, -0.1) is 0 Å². The Labute approximate surface area is 163 Å². The molecule has 1 N–H and O–H groups in total. The maximum atomic E-state index is 13.6. The smallest absolute Gasteiger partial charge is 0.265 e. The molecular formula is C20H14FN3O3S. The summed E-state index contributed by atoms with van der Waals surface area (Å²) in [7, 11) is 0. The van der Waals surface area contributed by atoms with Crippen molar-refractivity contribution in [3.8, 4) is 0 Å². The Morgan fingerprint density at radius 1 is 1.18 bits per heavy atom. The average molecular weight is 395 g/mol. The molecule has 0 atom stereocenters. The molecular weight excluding hydrogens is 381 g/mol. The molecule has 8 heteroatoms. The molecule has 3 aromatic rings. The van der Waals surface area contributed by atoms with Gasteiger partial charge in [-0.05, 0) is 48.7 Å². The first-order valence-electron chi connectivity index (χ1n) is 8.87. The lowest BCUT2D eigenvalue weighted by atomic mass is 9.98. The lowest BCUT2D eigenvalue weighted by Gasteiger charge is -2.26. The molecule has 1 aromatic heterocycles. The zero-order valence-electron chi connectivity index (χ0n) is 14.6. The summed E-state index contributed by atoms with van der Waals surface area (Å²) in [5.41, 5.74) is 1.79. The highest BCUT2D eigenvalue weighted by Gasteiger charge is 2.33. The summed E-state index contributed by atoms with van der Waals surface area (Å²) >= 11 is 1.29. The van der Waals surface area contributed by atoms with Crippen LogP contribution in [0.15, 0.2) is 36.4 Å². The van der Waals surface area contributed by atoms with Crippen LogP contribution in [-0.2, 0) is 16.0 Å². The summed E-state index contributed by atoms with van der Waals surface area (Å²) in [5, 5.41) is 3.30. The number of hydrogen-bond acceptors (Lipinski definition) is 5. The molecule has 1 aliphatic heterocycles. The predicted molar refractivity (Wildman–Crippen MR) is 103 cm³/mol. The number of imide groups is 1. The number of carbonyl (C=O) groups is 3. The van der Waals surface area contributed by atoms with E-state index in [1.165, 1.54) is 23.5 Å². The summed E-state index contributed by atoms with van der Waals surface area (Å²) in [5.74, 6) is -1.38. The van der Waals surface area contributed by atoms with Gasteiger partial charge in [0.1, 0.15) is 5.82 Å². The molecule has 1 fully saturated rings. The Morgan fingerprint density at radius 2 is 2.00 bits per heavy atom. The summed E-state index contributed by atoms with van der Waals surface area (Å²) in [6.07, 6.45) is 1.84. The van der Waals surface area contributed by atoms with E-state index in [2.05, 4.69) is 10.3 Å². The monoisotopic (exact) mass is 395 g/mol. The van der Waals surface area contributed by atoms with Crippen molar-refractivity contribution in [1.29, 1.82) is 0 Å². The minimum atomic E-state index is -0.545. The summed E-state index contributed by atoms with van der Waals surface area (Å²) < 4.78 is 14.3. The molecule has 0 unspecified atom stereocenters. The van der Waals surface area contributed by atoms with Crippen molar-refractivity contribution in [1.82, 2.24) is 4.98 Å². The number of thiazole rings is 1. The standard InChI is InChI=1S/C20H14FN3O3S/c21-12-4-3-11-7-17(25)24(19(27)14(11)8-12)13-5-6-15-16(9-13)28-20(22-15)23-18(26)10-1-2-10/h3-6,8-10H,1-2,7H2,(H,22,23,26). The van der Waals surface area contributed by atoms with Crippen LogP contribution in [0.1, 0.15) is 28.8 Å². The minimum absolute atomic E-state index is 0.0284. The van der Waals surface area contributed by atoms with Gasteiger partial charge in [-0.3, -0.25) is 14.4 Å². The molecule has 2 heterocycles. The number of rotatable bonds is 3. The van der Waals surface area contributed by atoms with E-state index >= 15 is 0 Å². The number of amides is 3. The first-order chi connectivity index (χ1) is 13.5. The maximum Gasteiger partial charge on any atom is 0.265 e. The van der Waals surface area contributed by atoms with Gasteiger partial charge in [0.15, 0.2) is 5.13 Å². The van der Waals surface area contributed by atoms with Gasteiger partial charge in [-0.25, -0.2) is 14.3 Å². The average Bonchev–Trinajstić information content (AvgIpc) is 3.43. The Hall–Kier alpha value is -3.13. The third-order valence-electron chi connectivity index (χ3n) is 4.90. The fraction of sp³-hybridized carbons (Fsp3) is 0.200. The highest BCUT2D eigenvalue weighted by Crippen LogP contribution is 2.34. The Balaban J connectivity index is 1.49. The molecule has 0 saturated heterocycles. The van der Waals surface area contributed by atoms with Crippen LogP contribution in [0.5, 0.6) is 0 Å². The molecule has 2 aliphatic rings. The van der Waals surface area contributed by atoms with Gasteiger partial charge >= 0.3 is 0 Å². The Bertz CT molecular complexity index is 1170. The fourth-order valence-corrected chi connectivity index (χ4v) is 4.20. The fourth-order valence-electron chi connectivity index (χ4n) is 3.30. The van der Waals surface area contributed by atoms with Gasteiger partial charge in [0.2, 0.25) is 11.8 Å². The quantitative estimate of drug-likeness (QED) is 0.689. The van der Waals surface area contributed by atoms with Gasteiger partial charge in [0.05, 0.1) is 22.3 Å². The largest absolute Gasteiger partial charge is 0.302 e. The van der Waals surface area contributed by atoms with Crippen molar-refractivity contribution in [2.45, 2.75) is 19.3 Å². The number of halogens is 1. The lowest BCUT2D eigenvalue weighted by molar-refractivity contribution is -0.118. The molecule has 6 nitrogen and oxygen atoms in total. The van der Waals surface area contributed by atoms with E-state index in [9.17, 15) is 18.8 Å². The molecule has 140 valence electrons. The van der Waals surface area contributed by atoms with Crippen molar-refractivity contribution >= 4 is 50.1 Å². The summed E-state index contributed by atoms with van der Waals surface area (Å²) in [4.78, 5) is 42.8. The van der Waals surface area contributed by atoms with Crippen molar-refractivity contribution in [3.63, 3.8) is 0 Å². The van der Waals surface area contributed by atoms with E-state index in [1.54, 1.807) is 18.2 Å². The number of nitrogens with one attached hydrogen (secondary N) is 1. The summed E-state index contributed by atoms with van der Waals surface area (Å²) in [6.45, 7) is 0. The second-order valence-corrected chi connectivity index (χ2v) is 7.98. The third-order valence-corrected chi connectivity index (χ3v) is 5.84. The van der Waals surface area contributed by atoms with Crippen LogP contribution in [0.25, 0.3) is 10.2 Å². The van der Waals surface area contributed by atoms with Crippen LogP contribution in [0, 0.1) is 11.7 Å². The molecule has 0 spiro atoms. The van der Waals surface area contributed by atoms with E-state index in [1.807, 2.05) is 0 Å². The van der Waals surface area contributed by atoms with E-state index in [0.29, 0.717) is 21.9 Å². The number of carbonyl (C=O) groups excluding carboxylic acids is 3. The maximum absolute atomic E-state index is 13.6. The first kappa shape index (κ1) is 17.0. The summed E-state index contributed by atoms with van der Waals surface area (Å²) in [6, 6.07) is 8.91. The van der Waals surface area contributed by atoms with Gasteiger partial charge in [0, 0.05) is 11.5 Å². The van der Waals surface area contributed by atoms with Crippen LogP contribution in [0.3, 0.4) is 0 Å². The highest BCUT2D eigenvalue weighted by molar-refractivity contribution is 7.22. The van der Waals surface area contributed by atoms with Gasteiger partial charge in [-0.2, -0.15) is 0 Å². The number of aromatic nitrogens is 1. The number of benzene rings is 2. The molecule has 2 aromatic carbocycles. The minimum Gasteiger partial charge on any atom is -0.302 e. The predicted octanol–water partition coefficient (Wildman–Crippen LogP) is 3.51. The van der Waals surface area contributed by atoms with Crippen LogP contribution in [0.2, 0.25) is 0 Å². The molecule has 0 radical (unpaired) electrons. The Morgan fingerprint density at radius 3 is 2.79 bits per heavy atom. The zero-order chi connectivity index (χ0) is 19.4. The second-order valence-electron chi connectivity index (χ2n) is 6.95. The van der Waals surface area contributed by atoms with E-state index in [4.69, 9.17) is 0 Å². The van der Waals surface area contributed by atoms with E-state index < -0.39 is 11.7 Å². The lowest BCUT2D eigenvalue weighted by Crippen LogP contribution is -2.42. The van der Waals surface area contributed by atoms with Crippen molar-refractivity contribution in [2.24, 2.45) is 5.92 Å². The molecule has 1 saturated carbocycles. The van der Waals surface area contributed by atoms with E-state index in [-0.39, 0.29) is 29.7 Å². The first-order valence-corrected chi connectivity index (χ1v) is 9.68. The SMILES string of the molecule is O=C(Nc1nc2ccc(N3C(=O)Cc4ccc(F)cc4C3=O)cc2s1)C1CC1. The van der Waals surface area contributed by atoms with Crippen LogP contribution < -0.4 is 10.2 Å². The highest BCUT2D eigenvalue weighted by atomic mass is 32.1. The molecule has 0 bridgehead atoms. The van der Waals surface area contributed by atoms with Crippen molar-refractivity contribution < 1.29 is 18.8 Å². The van der Waals surface area contributed by atoms with Crippen molar-refractivity contribution in [3.05, 3.63) is 53.3 Å². The topological polar surface area (TPSA) is 79.4 Å². The zero-order valence-corrected chi connectivity index (χ0v) is 15.4. The number of fused-ring (bicyclic) bond motifs is 2. The number of hydrogen-bond donors (Lipinski definition) is 1. The molecule has 1 aliphatic carbocycles. The van der Waals surface area contributed by atoms with Crippen LogP contribution >= 0.6 is 11.3 Å². The number of anilines is 2. The molecule has 28 heavy (non-hydrogen) atoms.